The number of anilines is 2. The van der Waals surface area contributed by atoms with E-state index in [1.807, 2.05) is 0 Å². The van der Waals surface area contributed by atoms with Gasteiger partial charge in [0.1, 0.15) is 0 Å². The second-order valence-corrected chi connectivity index (χ2v) is 5.44. The lowest BCUT2D eigenvalue weighted by Crippen LogP contribution is -2.22. The molecule has 142 valence electrons. The Morgan fingerprint density at radius 1 is 0.714 bits per heavy atom. The lowest BCUT2D eigenvalue weighted by atomic mass is 9.97. The van der Waals surface area contributed by atoms with Gasteiger partial charge in [-0.15, -0.1) is 0 Å². The van der Waals surface area contributed by atoms with Gasteiger partial charge >= 0.3 is 11.9 Å². The van der Waals surface area contributed by atoms with Gasteiger partial charge in [-0.2, -0.15) is 10.2 Å². The normalized spacial score (nSPS) is 10.3. The van der Waals surface area contributed by atoms with E-state index < -0.39 is 46.0 Å². The van der Waals surface area contributed by atoms with E-state index in [1.54, 1.807) is 0 Å². The van der Waals surface area contributed by atoms with Crippen LogP contribution in [0.3, 0.4) is 0 Å². The zero-order valence-corrected chi connectivity index (χ0v) is 13.9. The minimum Gasteiger partial charge on any atom is -0.478 e. The minimum absolute atomic E-state index is 0.257. The largest absolute Gasteiger partial charge is 0.478 e. The van der Waals surface area contributed by atoms with Gasteiger partial charge in [-0.1, -0.05) is 0 Å². The van der Waals surface area contributed by atoms with E-state index in [0.29, 0.717) is 0 Å². The van der Waals surface area contributed by atoms with Gasteiger partial charge < -0.3 is 20.8 Å². The van der Waals surface area contributed by atoms with Crippen LogP contribution in [0.2, 0.25) is 0 Å². The highest BCUT2D eigenvalue weighted by atomic mass is 16.4. The molecule has 0 fully saturated rings. The maximum Gasteiger partial charge on any atom is 0.336 e. The monoisotopic (exact) mass is 384 g/mol. The van der Waals surface area contributed by atoms with Crippen molar-refractivity contribution in [2.45, 2.75) is 0 Å². The Balaban J connectivity index is 2.07. The molecule has 2 aromatic heterocycles. The van der Waals surface area contributed by atoms with Crippen LogP contribution in [0, 0.1) is 0 Å². The summed E-state index contributed by atoms with van der Waals surface area (Å²) in [6.45, 7) is 0. The van der Waals surface area contributed by atoms with Crippen molar-refractivity contribution in [1.29, 1.82) is 0 Å². The van der Waals surface area contributed by atoms with Crippen molar-refractivity contribution in [1.82, 2.24) is 20.4 Å². The predicted octanol–water partition coefficient (Wildman–Crippen LogP) is 1.03. The number of hydrogen-bond acceptors (Lipinski definition) is 6. The number of carbonyl (C=O) groups is 4. The molecule has 2 heterocycles. The number of aromatic carboxylic acids is 2. The summed E-state index contributed by atoms with van der Waals surface area (Å²) < 4.78 is 0. The van der Waals surface area contributed by atoms with E-state index in [0.717, 1.165) is 12.1 Å². The number of amides is 2. The zero-order chi connectivity index (χ0) is 20.3. The number of carboxylic acids is 2. The second-order valence-electron chi connectivity index (χ2n) is 5.44. The number of H-pyrrole nitrogens is 2. The van der Waals surface area contributed by atoms with Gasteiger partial charge in [0.2, 0.25) is 0 Å². The number of hydrogen-bond donors (Lipinski definition) is 6. The summed E-state index contributed by atoms with van der Waals surface area (Å²) in [5, 5.41) is 35.8. The summed E-state index contributed by atoms with van der Waals surface area (Å²) in [5.41, 5.74) is -1.41. The van der Waals surface area contributed by atoms with Crippen LogP contribution < -0.4 is 10.6 Å². The smallest absolute Gasteiger partial charge is 0.336 e. The fraction of sp³-hybridized carbons (Fsp3) is 0. The Bertz CT molecular complexity index is 976. The first-order valence-electron chi connectivity index (χ1n) is 7.61. The molecule has 0 bridgehead atoms. The molecule has 0 saturated carbocycles. The maximum absolute atomic E-state index is 12.5. The van der Waals surface area contributed by atoms with E-state index in [-0.39, 0.29) is 11.4 Å². The summed E-state index contributed by atoms with van der Waals surface area (Å²) in [5.74, 6) is -4.76. The first-order chi connectivity index (χ1) is 13.4. The molecular weight excluding hydrogens is 372 g/mol. The molecule has 28 heavy (non-hydrogen) atoms. The van der Waals surface area contributed by atoms with Crippen LogP contribution in [0.1, 0.15) is 41.4 Å². The summed E-state index contributed by atoms with van der Waals surface area (Å²) in [6.07, 6.45) is 5.29. The zero-order valence-electron chi connectivity index (χ0n) is 13.9. The molecule has 3 rings (SSSR count). The molecule has 0 aliphatic carbocycles. The van der Waals surface area contributed by atoms with E-state index in [4.69, 9.17) is 0 Å². The van der Waals surface area contributed by atoms with Crippen LogP contribution in [-0.4, -0.2) is 54.4 Å². The van der Waals surface area contributed by atoms with Gasteiger partial charge in [-0.05, 0) is 12.1 Å². The molecule has 3 aromatic rings. The van der Waals surface area contributed by atoms with Crippen molar-refractivity contribution in [2.75, 3.05) is 10.6 Å². The molecular formula is C16H12N6O6. The molecule has 2 amide bonds. The van der Waals surface area contributed by atoms with Gasteiger partial charge in [0.05, 0.1) is 46.0 Å². The first-order valence-corrected chi connectivity index (χ1v) is 7.61. The van der Waals surface area contributed by atoms with E-state index in [2.05, 4.69) is 31.0 Å². The number of rotatable bonds is 6. The highest BCUT2D eigenvalue weighted by Gasteiger charge is 2.26. The molecule has 0 atom stereocenters. The molecule has 0 spiro atoms. The Kier molecular flexibility index (Phi) is 4.85. The Hall–Kier alpha value is -4.48. The van der Waals surface area contributed by atoms with Crippen molar-refractivity contribution in [2.24, 2.45) is 0 Å². The van der Waals surface area contributed by atoms with Crippen LogP contribution in [0.25, 0.3) is 0 Å². The SMILES string of the molecule is O=C(O)c1cc(C(=O)O)c(C(=O)Nc2cn[nH]c2)cc1C(=O)Nc1cn[nH]c1. The van der Waals surface area contributed by atoms with E-state index in [9.17, 15) is 29.4 Å². The summed E-state index contributed by atoms with van der Waals surface area (Å²) in [7, 11) is 0. The van der Waals surface area contributed by atoms with Crippen LogP contribution in [0.15, 0.2) is 36.9 Å². The van der Waals surface area contributed by atoms with E-state index >= 15 is 0 Å². The third kappa shape index (κ3) is 3.70. The van der Waals surface area contributed by atoms with Crippen LogP contribution in [0.4, 0.5) is 11.4 Å². The number of carbonyl (C=O) groups excluding carboxylic acids is 2. The van der Waals surface area contributed by atoms with Crippen LogP contribution >= 0.6 is 0 Å². The van der Waals surface area contributed by atoms with Gasteiger partial charge in [0.25, 0.3) is 11.8 Å². The fourth-order valence-corrected chi connectivity index (χ4v) is 2.36. The first kappa shape index (κ1) is 18.3. The molecule has 0 unspecified atom stereocenters. The Morgan fingerprint density at radius 3 is 1.43 bits per heavy atom. The van der Waals surface area contributed by atoms with Crippen molar-refractivity contribution < 1.29 is 29.4 Å². The Morgan fingerprint density at radius 2 is 1.11 bits per heavy atom. The van der Waals surface area contributed by atoms with Crippen molar-refractivity contribution in [3.63, 3.8) is 0 Å². The van der Waals surface area contributed by atoms with Gasteiger partial charge in [0, 0.05) is 12.4 Å². The van der Waals surface area contributed by atoms with Gasteiger partial charge in [-0.25, -0.2) is 9.59 Å². The number of nitrogens with zero attached hydrogens (tertiary/aromatic N) is 2. The van der Waals surface area contributed by atoms with Gasteiger partial charge in [0.15, 0.2) is 0 Å². The number of nitrogens with one attached hydrogen (secondary N) is 4. The Labute approximate surface area is 155 Å². The maximum atomic E-state index is 12.5. The van der Waals surface area contributed by atoms with Crippen LogP contribution in [-0.2, 0) is 0 Å². The van der Waals surface area contributed by atoms with Crippen molar-refractivity contribution in [3.05, 3.63) is 59.2 Å². The highest BCUT2D eigenvalue weighted by Crippen LogP contribution is 2.21. The number of aromatic amines is 2. The summed E-state index contributed by atoms with van der Waals surface area (Å²) >= 11 is 0. The molecule has 0 aliphatic rings. The molecule has 0 saturated heterocycles. The number of aromatic nitrogens is 4. The van der Waals surface area contributed by atoms with Crippen molar-refractivity contribution >= 4 is 35.1 Å². The van der Waals surface area contributed by atoms with Crippen LogP contribution in [0.5, 0.6) is 0 Å². The molecule has 0 aliphatic heterocycles. The molecule has 0 radical (unpaired) electrons. The van der Waals surface area contributed by atoms with E-state index in [1.165, 1.54) is 24.8 Å². The fourth-order valence-electron chi connectivity index (χ4n) is 2.36. The standard InChI is InChI=1S/C16H12N6O6/c23-13(21-7-3-17-18-4-7)9-1-10(14(24)22-8-5-19-20-6-8)12(16(27)28)2-11(9)15(25)26/h1-6H,(H,17,18)(H,19,20)(H,21,23)(H,22,24)(H,25,26)(H,27,28). The number of benzene rings is 1. The predicted molar refractivity (Wildman–Crippen MR) is 93.4 cm³/mol. The number of carboxylic acid groups (broad SMARTS) is 2. The highest BCUT2D eigenvalue weighted by molar-refractivity contribution is 6.16. The lowest BCUT2D eigenvalue weighted by molar-refractivity contribution is 0.0690. The quantitative estimate of drug-likeness (QED) is 0.363. The summed E-state index contributed by atoms with van der Waals surface area (Å²) in [4.78, 5) is 48.1. The average molecular weight is 384 g/mol. The summed E-state index contributed by atoms with van der Waals surface area (Å²) in [6, 6.07) is 1.68. The van der Waals surface area contributed by atoms with Gasteiger partial charge in [-0.3, -0.25) is 19.8 Å². The lowest BCUT2D eigenvalue weighted by Gasteiger charge is -2.12. The van der Waals surface area contributed by atoms with Crippen molar-refractivity contribution in [3.8, 4) is 0 Å². The third-order valence-corrected chi connectivity index (χ3v) is 3.62. The second kappa shape index (κ2) is 7.41. The molecule has 1 aromatic carbocycles. The topological polar surface area (TPSA) is 190 Å². The molecule has 12 heteroatoms. The average Bonchev–Trinajstić information content (AvgIpc) is 3.34. The third-order valence-electron chi connectivity index (χ3n) is 3.62. The molecule has 6 N–H and O–H groups in total. The minimum atomic E-state index is -1.53. The molecule has 12 nitrogen and oxygen atoms in total.